The first-order valence-corrected chi connectivity index (χ1v) is 6.86. The summed E-state index contributed by atoms with van der Waals surface area (Å²) in [7, 11) is 0. The molecule has 0 spiro atoms. The topological polar surface area (TPSA) is 66.4 Å². The zero-order valence-electron chi connectivity index (χ0n) is 10.9. The Morgan fingerprint density at radius 3 is 2.52 bits per heavy atom. The van der Waals surface area contributed by atoms with E-state index in [0.29, 0.717) is 12.5 Å². The van der Waals surface area contributed by atoms with E-state index in [1.54, 1.807) is 0 Å². The Labute approximate surface area is 123 Å². The number of aromatic carboxylic acids is 1. The van der Waals surface area contributed by atoms with Crippen molar-refractivity contribution in [1.82, 2.24) is 0 Å². The van der Waals surface area contributed by atoms with Crippen LogP contribution in [0, 0.1) is 11.6 Å². The average molecular weight is 311 g/mol. The van der Waals surface area contributed by atoms with Gasteiger partial charge in [-0.25, -0.2) is 13.6 Å². The fraction of sp³-hybridized carbons (Fsp3) is 0.143. The normalized spacial score (nSPS) is 10.4. The van der Waals surface area contributed by atoms with Gasteiger partial charge >= 0.3 is 5.97 Å². The van der Waals surface area contributed by atoms with Gasteiger partial charge in [0, 0.05) is 10.9 Å². The van der Waals surface area contributed by atoms with E-state index in [9.17, 15) is 18.4 Å². The molecule has 1 amide bonds. The molecular weight excluding hydrogens is 300 g/mol. The molecule has 1 aromatic heterocycles. The minimum absolute atomic E-state index is 0.0484. The fourth-order valence-corrected chi connectivity index (χ4v) is 2.70. The maximum absolute atomic E-state index is 13.5. The lowest BCUT2D eigenvalue weighted by atomic mass is 10.2. The molecule has 4 nitrogen and oxygen atoms in total. The van der Waals surface area contributed by atoms with Crippen LogP contribution in [-0.4, -0.2) is 17.0 Å². The number of anilines is 1. The zero-order valence-corrected chi connectivity index (χ0v) is 11.8. The lowest BCUT2D eigenvalue weighted by Gasteiger charge is -2.05. The highest BCUT2D eigenvalue weighted by atomic mass is 32.1. The standard InChI is InChI=1S/C14H11F2NO3S/c1-2-8-6-10(14(19)20)13(21-8)17-12(18)9-4-3-7(15)5-11(9)16/h3-6H,2H2,1H3,(H,17,18)(H,19,20). The SMILES string of the molecule is CCc1cc(C(=O)O)c(NC(=O)c2ccc(F)cc2F)s1. The summed E-state index contributed by atoms with van der Waals surface area (Å²) in [4.78, 5) is 23.9. The summed E-state index contributed by atoms with van der Waals surface area (Å²) in [6, 6.07) is 4.03. The van der Waals surface area contributed by atoms with E-state index < -0.39 is 23.5 Å². The molecular formula is C14H11F2NO3S. The molecule has 0 radical (unpaired) electrons. The molecule has 0 bridgehead atoms. The van der Waals surface area contributed by atoms with Crippen LogP contribution in [0.3, 0.4) is 0 Å². The number of carboxylic acids is 1. The van der Waals surface area contributed by atoms with E-state index in [1.165, 1.54) is 6.07 Å². The predicted molar refractivity (Wildman–Crippen MR) is 75.0 cm³/mol. The summed E-state index contributed by atoms with van der Waals surface area (Å²) < 4.78 is 26.3. The fourth-order valence-electron chi connectivity index (χ4n) is 1.71. The van der Waals surface area contributed by atoms with Gasteiger partial charge in [-0.15, -0.1) is 11.3 Å². The maximum Gasteiger partial charge on any atom is 0.338 e. The Balaban J connectivity index is 2.31. The highest BCUT2D eigenvalue weighted by molar-refractivity contribution is 7.16. The van der Waals surface area contributed by atoms with Crippen LogP contribution in [0.15, 0.2) is 24.3 Å². The second-order valence-electron chi connectivity index (χ2n) is 4.19. The van der Waals surface area contributed by atoms with Gasteiger partial charge in [0.25, 0.3) is 5.91 Å². The Kier molecular flexibility index (Phi) is 4.32. The quantitative estimate of drug-likeness (QED) is 0.907. The summed E-state index contributed by atoms with van der Waals surface area (Å²) in [5, 5.41) is 11.6. The van der Waals surface area contributed by atoms with E-state index >= 15 is 0 Å². The van der Waals surface area contributed by atoms with Gasteiger partial charge in [-0.3, -0.25) is 4.79 Å². The van der Waals surface area contributed by atoms with Gasteiger partial charge in [0.15, 0.2) is 0 Å². The number of nitrogens with one attached hydrogen (secondary N) is 1. The van der Waals surface area contributed by atoms with E-state index in [0.717, 1.165) is 28.3 Å². The van der Waals surface area contributed by atoms with Crippen molar-refractivity contribution < 1.29 is 23.5 Å². The van der Waals surface area contributed by atoms with E-state index in [2.05, 4.69) is 5.32 Å². The monoisotopic (exact) mass is 311 g/mol. The van der Waals surface area contributed by atoms with Gasteiger partial charge in [-0.2, -0.15) is 0 Å². The van der Waals surface area contributed by atoms with Crippen LogP contribution < -0.4 is 5.32 Å². The second-order valence-corrected chi connectivity index (χ2v) is 5.33. The van der Waals surface area contributed by atoms with Crippen LogP contribution in [-0.2, 0) is 6.42 Å². The number of aryl methyl sites for hydroxylation is 1. The van der Waals surface area contributed by atoms with Crippen molar-refractivity contribution in [2.24, 2.45) is 0 Å². The van der Waals surface area contributed by atoms with Crippen molar-refractivity contribution in [3.63, 3.8) is 0 Å². The van der Waals surface area contributed by atoms with Crippen molar-refractivity contribution in [2.75, 3.05) is 5.32 Å². The van der Waals surface area contributed by atoms with Gasteiger partial charge in [0.05, 0.1) is 11.1 Å². The molecule has 110 valence electrons. The van der Waals surface area contributed by atoms with Crippen LogP contribution in [0.25, 0.3) is 0 Å². The van der Waals surface area contributed by atoms with Crippen LogP contribution >= 0.6 is 11.3 Å². The molecule has 2 rings (SSSR count). The Bertz CT molecular complexity index is 712. The number of carboxylic acid groups (broad SMARTS) is 1. The van der Waals surface area contributed by atoms with Crippen molar-refractivity contribution >= 4 is 28.2 Å². The number of hydrogen-bond acceptors (Lipinski definition) is 3. The summed E-state index contributed by atoms with van der Waals surface area (Å²) in [6.45, 7) is 1.85. The first kappa shape index (κ1) is 15.1. The number of halogens is 2. The summed E-state index contributed by atoms with van der Waals surface area (Å²) in [5.74, 6) is -3.79. The number of thiophene rings is 1. The first-order valence-electron chi connectivity index (χ1n) is 6.04. The third kappa shape index (κ3) is 3.25. The lowest BCUT2D eigenvalue weighted by Crippen LogP contribution is -2.15. The molecule has 2 N–H and O–H groups in total. The number of rotatable bonds is 4. The Hall–Kier alpha value is -2.28. The van der Waals surface area contributed by atoms with Crippen molar-refractivity contribution in [3.8, 4) is 0 Å². The maximum atomic E-state index is 13.5. The van der Waals surface area contributed by atoms with Gasteiger partial charge in [-0.1, -0.05) is 6.92 Å². The minimum Gasteiger partial charge on any atom is -0.478 e. The van der Waals surface area contributed by atoms with Crippen LogP contribution in [0.5, 0.6) is 0 Å². The molecule has 0 unspecified atom stereocenters. The molecule has 7 heteroatoms. The van der Waals surface area contributed by atoms with Gasteiger partial charge in [0.1, 0.15) is 16.6 Å². The van der Waals surface area contributed by atoms with Crippen LogP contribution in [0.2, 0.25) is 0 Å². The highest BCUT2D eigenvalue weighted by Crippen LogP contribution is 2.29. The second kappa shape index (κ2) is 6.01. The van der Waals surface area contributed by atoms with E-state index in [-0.39, 0.29) is 16.1 Å². The third-order valence-corrected chi connectivity index (χ3v) is 3.96. The third-order valence-electron chi connectivity index (χ3n) is 2.76. The van der Waals surface area contributed by atoms with Crippen molar-refractivity contribution in [2.45, 2.75) is 13.3 Å². The molecule has 1 heterocycles. The summed E-state index contributed by atoms with van der Waals surface area (Å²) in [5.41, 5.74) is -0.396. The number of amides is 1. The number of hydrogen-bond donors (Lipinski definition) is 2. The number of benzene rings is 1. The first-order chi connectivity index (χ1) is 9.92. The van der Waals surface area contributed by atoms with Crippen molar-refractivity contribution in [1.29, 1.82) is 0 Å². The molecule has 0 aliphatic heterocycles. The molecule has 0 fully saturated rings. The summed E-state index contributed by atoms with van der Waals surface area (Å²) >= 11 is 1.11. The molecule has 0 aliphatic rings. The van der Waals surface area contributed by atoms with Gasteiger partial charge < -0.3 is 10.4 Å². The molecule has 0 aliphatic carbocycles. The minimum atomic E-state index is -1.18. The zero-order chi connectivity index (χ0) is 15.6. The largest absolute Gasteiger partial charge is 0.478 e. The van der Waals surface area contributed by atoms with Gasteiger partial charge in [0.2, 0.25) is 0 Å². The van der Waals surface area contributed by atoms with Crippen LogP contribution in [0.1, 0.15) is 32.5 Å². The molecule has 21 heavy (non-hydrogen) atoms. The lowest BCUT2D eigenvalue weighted by molar-refractivity contribution is 0.0698. The Morgan fingerprint density at radius 1 is 1.24 bits per heavy atom. The molecule has 1 aromatic carbocycles. The van der Waals surface area contributed by atoms with Crippen molar-refractivity contribution in [3.05, 3.63) is 51.9 Å². The summed E-state index contributed by atoms with van der Waals surface area (Å²) in [6.07, 6.45) is 0.617. The molecule has 0 saturated heterocycles. The van der Waals surface area contributed by atoms with E-state index in [1.807, 2.05) is 6.92 Å². The number of carbonyl (C=O) groups is 2. The average Bonchev–Trinajstić information content (AvgIpc) is 2.81. The smallest absolute Gasteiger partial charge is 0.338 e. The van der Waals surface area contributed by atoms with E-state index in [4.69, 9.17) is 5.11 Å². The number of carbonyl (C=O) groups excluding carboxylic acids is 1. The Morgan fingerprint density at radius 2 is 1.95 bits per heavy atom. The molecule has 0 saturated carbocycles. The highest BCUT2D eigenvalue weighted by Gasteiger charge is 2.19. The van der Waals surface area contributed by atoms with Crippen LogP contribution in [0.4, 0.5) is 13.8 Å². The van der Waals surface area contributed by atoms with Gasteiger partial charge in [-0.05, 0) is 24.6 Å². The predicted octanol–water partition coefficient (Wildman–Crippen LogP) is 3.54. The molecule has 0 atom stereocenters. The molecule has 2 aromatic rings.